The van der Waals surface area contributed by atoms with Crippen molar-refractivity contribution in [3.63, 3.8) is 0 Å². The van der Waals surface area contributed by atoms with Gasteiger partial charge in [-0.05, 0) is 45.1 Å². The highest BCUT2D eigenvalue weighted by Crippen LogP contribution is 2.21. The summed E-state index contributed by atoms with van der Waals surface area (Å²) in [6.07, 6.45) is 4.34. The molecule has 104 valence electrons. The number of nitrogens with one attached hydrogen (secondary N) is 1. The molecule has 2 saturated heterocycles. The van der Waals surface area contributed by atoms with Gasteiger partial charge in [-0.15, -0.1) is 0 Å². The Morgan fingerprint density at radius 1 is 1.33 bits per heavy atom. The van der Waals surface area contributed by atoms with Gasteiger partial charge in [-0.1, -0.05) is 0 Å². The number of piperidine rings is 1. The predicted octanol–water partition coefficient (Wildman–Crippen LogP) is 1.26. The summed E-state index contributed by atoms with van der Waals surface area (Å²) in [5.74, 6) is 1.12. The normalized spacial score (nSPS) is 30.1. The summed E-state index contributed by atoms with van der Waals surface area (Å²) >= 11 is 0. The first-order valence-corrected chi connectivity index (χ1v) is 7.24. The lowest BCUT2D eigenvalue weighted by Crippen LogP contribution is -2.48. The number of rotatable bonds is 3. The Bertz CT molecular complexity index is 277. The molecule has 0 radical (unpaired) electrons. The molecular weight excluding hydrogens is 228 g/mol. The Morgan fingerprint density at radius 3 is 2.72 bits per heavy atom. The fourth-order valence-electron chi connectivity index (χ4n) is 3.07. The average molecular weight is 254 g/mol. The smallest absolute Gasteiger partial charge is 0.226 e. The van der Waals surface area contributed by atoms with Gasteiger partial charge < -0.3 is 15.0 Å². The Labute approximate surface area is 110 Å². The number of hydrogen-bond donors (Lipinski definition) is 1. The lowest BCUT2D eigenvalue weighted by atomic mass is 9.90. The van der Waals surface area contributed by atoms with E-state index in [2.05, 4.69) is 12.2 Å². The minimum atomic E-state index is 0.170. The maximum absolute atomic E-state index is 12.4. The van der Waals surface area contributed by atoms with Crippen LogP contribution in [0.4, 0.5) is 0 Å². The van der Waals surface area contributed by atoms with Gasteiger partial charge in [-0.2, -0.15) is 0 Å². The summed E-state index contributed by atoms with van der Waals surface area (Å²) in [5, 5.41) is 3.40. The monoisotopic (exact) mass is 254 g/mol. The van der Waals surface area contributed by atoms with Gasteiger partial charge in [0.1, 0.15) is 0 Å². The fraction of sp³-hybridized carbons (Fsp3) is 0.929. The van der Waals surface area contributed by atoms with Crippen LogP contribution in [0.2, 0.25) is 0 Å². The highest BCUT2D eigenvalue weighted by atomic mass is 16.5. The number of hydrogen-bond acceptors (Lipinski definition) is 3. The molecule has 0 aliphatic carbocycles. The van der Waals surface area contributed by atoms with Crippen molar-refractivity contribution in [1.29, 1.82) is 0 Å². The molecule has 0 saturated carbocycles. The van der Waals surface area contributed by atoms with Crippen LogP contribution in [0.15, 0.2) is 0 Å². The Balaban J connectivity index is 1.83. The molecule has 2 rings (SSSR count). The van der Waals surface area contributed by atoms with Crippen molar-refractivity contribution >= 4 is 5.91 Å². The zero-order valence-corrected chi connectivity index (χ0v) is 11.7. The summed E-state index contributed by atoms with van der Waals surface area (Å²) < 4.78 is 5.36. The van der Waals surface area contributed by atoms with Crippen molar-refractivity contribution in [3.8, 4) is 0 Å². The van der Waals surface area contributed by atoms with Crippen LogP contribution < -0.4 is 5.32 Å². The zero-order chi connectivity index (χ0) is 13.0. The molecule has 0 spiro atoms. The molecule has 2 atom stereocenters. The quantitative estimate of drug-likeness (QED) is 0.824. The Hall–Kier alpha value is -0.610. The molecule has 2 unspecified atom stereocenters. The number of nitrogens with zero attached hydrogens (tertiary/aromatic N) is 1. The largest absolute Gasteiger partial charge is 0.381 e. The number of amides is 1. The van der Waals surface area contributed by atoms with Gasteiger partial charge in [0, 0.05) is 32.8 Å². The lowest BCUT2D eigenvalue weighted by Gasteiger charge is -2.34. The predicted molar refractivity (Wildman–Crippen MR) is 71.4 cm³/mol. The minimum absolute atomic E-state index is 0.170. The Kier molecular flexibility index (Phi) is 5.01. The summed E-state index contributed by atoms with van der Waals surface area (Å²) in [6, 6.07) is 0.323. The van der Waals surface area contributed by atoms with Crippen molar-refractivity contribution < 1.29 is 9.53 Å². The van der Waals surface area contributed by atoms with E-state index in [9.17, 15) is 4.79 Å². The van der Waals surface area contributed by atoms with Crippen molar-refractivity contribution in [2.24, 2.45) is 11.8 Å². The highest BCUT2D eigenvalue weighted by Gasteiger charge is 2.30. The molecule has 4 nitrogen and oxygen atoms in total. The first kappa shape index (κ1) is 13.8. The van der Waals surface area contributed by atoms with Gasteiger partial charge >= 0.3 is 0 Å². The summed E-state index contributed by atoms with van der Waals surface area (Å²) in [4.78, 5) is 14.4. The second-order valence-electron chi connectivity index (χ2n) is 5.77. The molecule has 18 heavy (non-hydrogen) atoms. The molecule has 0 aromatic carbocycles. The van der Waals surface area contributed by atoms with E-state index >= 15 is 0 Å². The summed E-state index contributed by atoms with van der Waals surface area (Å²) in [7, 11) is 1.96. The van der Waals surface area contributed by atoms with Gasteiger partial charge in [0.15, 0.2) is 0 Å². The molecule has 0 aromatic heterocycles. The molecule has 1 amide bonds. The van der Waals surface area contributed by atoms with Crippen LogP contribution in [0.3, 0.4) is 0 Å². The van der Waals surface area contributed by atoms with Gasteiger partial charge in [0.2, 0.25) is 5.91 Å². The molecule has 0 aromatic rings. The van der Waals surface area contributed by atoms with Crippen molar-refractivity contribution in [2.45, 2.75) is 38.6 Å². The van der Waals surface area contributed by atoms with Crippen LogP contribution in [0, 0.1) is 11.8 Å². The van der Waals surface area contributed by atoms with E-state index in [1.807, 2.05) is 11.9 Å². The standard InChI is InChI=1S/C14H26N2O2/c1-11-13(4-3-7-15-11)14(17)16(2)10-12-5-8-18-9-6-12/h11-13,15H,3-10H2,1-2H3. The number of carbonyl (C=O) groups is 1. The van der Waals surface area contributed by atoms with Crippen LogP contribution in [0.25, 0.3) is 0 Å². The van der Waals surface area contributed by atoms with Crippen LogP contribution >= 0.6 is 0 Å². The summed E-state index contributed by atoms with van der Waals surface area (Å²) in [5.41, 5.74) is 0. The van der Waals surface area contributed by atoms with Crippen LogP contribution in [-0.4, -0.2) is 50.2 Å². The minimum Gasteiger partial charge on any atom is -0.381 e. The third kappa shape index (κ3) is 3.45. The summed E-state index contributed by atoms with van der Waals surface area (Å²) in [6.45, 7) is 5.78. The van der Waals surface area contributed by atoms with E-state index in [4.69, 9.17) is 4.74 Å². The first-order valence-electron chi connectivity index (χ1n) is 7.24. The number of carbonyl (C=O) groups excluding carboxylic acids is 1. The molecule has 1 N–H and O–H groups in total. The van der Waals surface area contributed by atoms with E-state index in [0.29, 0.717) is 17.9 Å². The van der Waals surface area contributed by atoms with E-state index in [1.54, 1.807) is 0 Å². The fourth-order valence-corrected chi connectivity index (χ4v) is 3.07. The highest BCUT2D eigenvalue weighted by molar-refractivity contribution is 5.79. The van der Waals surface area contributed by atoms with Gasteiger partial charge in [-0.3, -0.25) is 4.79 Å². The zero-order valence-electron chi connectivity index (χ0n) is 11.7. The third-order valence-corrected chi connectivity index (χ3v) is 4.33. The van der Waals surface area contributed by atoms with Crippen LogP contribution in [0.5, 0.6) is 0 Å². The molecule has 4 heteroatoms. The maximum atomic E-state index is 12.4. The number of ether oxygens (including phenoxy) is 1. The first-order chi connectivity index (χ1) is 8.68. The molecular formula is C14H26N2O2. The topological polar surface area (TPSA) is 41.6 Å². The van der Waals surface area contributed by atoms with Crippen LogP contribution in [-0.2, 0) is 9.53 Å². The molecule has 2 heterocycles. The van der Waals surface area contributed by atoms with Gasteiger partial charge in [0.25, 0.3) is 0 Å². The lowest BCUT2D eigenvalue weighted by molar-refractivity contribution is -0.136. The van der Waals surface area contributed by atoms with E-state index in [0.717, 1.165) is 52.0 Å². The van der Waals surface area contributed by atoms with Gasteiger partial charge in [0.05, 0.1) is 5.92 Å². The second-order valence-corrected chi connectivity index (χ2v) is 5.77. The van der Waals surface area contributed by atoms with Gasteiger partial charge in [-0.25, -0.2) is 0 Å². The van der Waals surface area contributed by atoms with E-state index in [-0.39, 0.29) is 5.92 Å². The Morgan fingerprint density at radius 2 is 2.06 bits per heavy atom. The van der Waals surface area contributed by atoms with Crippen molar-refractivity contribution in [2.75, 3.05) is 33.4 Å². The SMILES string of the molecule is CC1NCCCC1C(=O)N(C)CC1CCOCC1. The second kappa shape index (κ2) is 6.53. The van der Waals surface area contributed by atoms with E-state index in [1.165, 1.54) is 0 Å². The molecule has 2 aliphatic heterocycles. The van der Waals surface area contributed by atoms with Crippen molar-refractivity contribution in [3.05, 3.63) is 0 Å². The maximum Gasteiger partial charge on any atom is 0.226 e. The van der Waals surface area contributed by atoms with Crippen molar-refractivity contribution in [1.82, 2.24) is 10.2 Å². The third-order valence-electron chi connectivity index (χ3n) is 4.33. The average Bonchev–Trinajstić information content (AvgIpc) is 2.39. The van der Waals surface area contributed by atoms with E-state index < -0.39 is 0 Å². The molecule has 0 bridgehead atoms. The van der Waals surface area contributed by atoms with Crippen LogP contribution in [0.1, 0.15) is 32.6 Å². The molecule has 2 aliphatic rings. The molecule has 2 fully saturated rings.